The van der Waals surface area contributed by atoms with Gasteiger partial charge in [-0.05, 0) is 13.0 Å². The first-order valence-electron chi connectivity index (χ1n) is 9.10. The Morgan fingerprint density at radius 3 is 2.43 bits per heavy atom. The van der Waals surface area contributed by atoms with Crippen LogP contribution in [-0.2, 0) is 14.3 Å². The van der Waals surface area contributed by atoms with Gasteiger partial charge in [0.15, 0.2) is 22.6 Å². The second-order valence-corrected chi connectivity index (χ2v) is 8.19. The van der Waals surface area contributed by atoms with Crippen molar-refractivity contribution in [2.24, 2.45) is 5.92 Å². The molecule has 1 aromatic carbocycles. The highest BCUT2D eigenvalue weighted by atomic mass is 16.7. The maximum absolute atomic E-state index is 13.2. The van der Waals surface area contributed by atoms with E-state index in [0.29, 0.717) is 0 Å². The van der Waals surface area contributed by atoms with Crippen molar-refractivity contribution < 1.29 is 44.6 Å². The number of rotatable bonds is 2. The van der Waals surface area contributed by atoms with Gasteiger partial charge in [-0.2, -0.15) is 0 Å². The average Bonchev–Trinajstić information content (AvgIpc) is 3.57. The number of hydrogen-bond donors (Lipinski definition) is 5. The number of fused-ring (bicyclic) bond motifs is 1. The lowest BCUT2D eigenvalue weighted by Gasteiger charge is -2.49. The number of phenols is 1. The van der Waals surface area contributed by atoms with Gasteiger partial charge in [0.1, 0.15) is 24.1 Å². The molecule has 4 aliphatic rings. The van der Waals surface area contributed by atoms with Crippen molar-refractivity contribution >= 4 is 11.6 Å². The van der Waals surface area contributed by atoms with Gasteiger partial charge in [0.2, 0.25) is 5.78 Å². The Morgan fingerprint density at radius 2 is 1.82 bits per heavy atom. The highest BCUT2D eigenvalue weighted by molar-refractivity contribution is 6.10. The summed E-state index contributed by atoms with van der Waals surface area (Å²) in [5.41, 5.74) is -6.92. The summed E-state index contributed by atoms with van der Waals surface area (Å²) in [5.74, 6) is -3.25. The molecule has 0 spiro atoms. The van der Waals surface area contributed by atoms with Crippen molar-refractivity contribution in [1.29, 1.82) is 0 Å². The van der Waals surface area contributed by atoms with E-state index >= 15 is 0 Å². The first-order valence-corrected chi connectivity index (χ1v) is 9.10. The summed E-state index contributed by atoms with van der Waals surface area (Å²) in [6.45, 7) is 2.95. The van der Waals surface area contributed by atoms with E-state index in [0.717, 1.165) is 0 Å². The molecule has 2 aliphatic carbocycles. The Balaban J connectivity index is 1.70. The lowest BCUT2D eigenvalue weighted by molar-refractivity contribution is -0.198. The van der Waals surface area contributed by atoms with Gasteiger partial charge in [-0.3, -0.25) is 9.59 Å². The van der Waals surface area contributed by atoms with E-state index in [-0.39, 0.29) is 11.1 Å². The van der Waals surface area contributed by atoms with E-state index < -0.39 is 70.6 Å². The lowest BCUT2D eigenvalue weighted by atomic mass is 9.55. The minimum Gasteiger partial charge on any atom is -0.508 e. The summed E-state index contributed by atoms with van der Waals surface area (Å²) in [7, 11) is 0. The summed E-state index contributed by atoms with van der Waals surface area (Å²) in [4.78, 5) is 26.1. The first kappa shape index (κ1) is 18.2. The molecule has 1 aromatic rings. The molecular formula is C19H20O9. The van der Waals surface area contributed by atoms with Crippen molar-refractivity contribution in [2.75, 3.05) is 0 Å². The predicted molar refractivity (Wildman–Crippen MR) is 89.4 cm³/mol. The molecule has 0 unspecified atom stereocenters. The predicted octanol–water partition coefficient (Wildman–Crippen LogP) is -1.41. The molecule has 150 valence electrons. The molecule has 9 heteroatoms. The van der Waals surface area contributed by atoms with Crippen LogP contribution in [0.3, 0.4) is 0 Å². The lowest BCUT2D eigenvalue weighted by Crippen LogP contribution is -2.74. The molecule has 5 N–H and O–H groups in total. The van der Waals surface area contributed by atoms with Gasteiger partial charge >= 0.3 is 0 Å². The van der Waals surface area contributed by atoms with Crippen LogP contribution in [0.25, 0.3) is 0 Å². The van der Waals surface area contributed by atoms with Gasteiger partial charge in [-0.15, -0.1) is 0 Å². The minimum atomic E-state index is -2.52. The molecule has 3 fully saturated rings. The number of Topliss-reactive ketones (excluding diaryl/α,β-unsaturated/α-hetero) is 2. The van der Waals surface area contributed by atoms with E-state index in [9.17, 15) is 35.1 Å². The maximum Gasteiger partial charge on any atom is 0.201 e. The Morgan fingerprint density at radius 1 is 1.18 bits per heavy atom. The standard InChI is InChI=1S/C19H20O9/c1-6-12(21)18-13(22)8-4-3-5-9(20)10(8)14(23)19(18,28-18)16(25)17(6,26)15(24)11-7(2)27-11/h3-7,11-12,14,16,20-21,23,25-26H,1-2H3/t6-,7-,11-,12-,14-,16+,17+,18+,19+/m0/s1. The van der Waals surface area contributed by atoms with Crippen LogP contribution < -0.4 is 0 Å². The molecular weight excluding hydrogens is 372 g/mol. The van der Waals surface area contributed by atoms with Gasteiger partial charge in [0, 0.05) is 17.0 Å². The van der Waals surface area contributed by atoms with Crippen LogP contribution in [0, 0.1) is 5.92 Å². The number of carbonyl (C=O) groups is 2. The fourth-order valence-electron chi connectivity index (χ4n) is 5.23. The Hall–Kier alpha value is -1.88. The first-order chi connectivity index (χ1) is 13.1. The third-order valence-corrected chi connectivity index (χ3v) is 6.98. The monoisotopic (exact) mass is 392 g/mol. The molecule has 28 heavy (non-hydrogen) atoms. The zero-order chi connectivity index (χ0) is 20.4. The quantitative estimate of drug-likeness (QED) is 0.381. The molecule has 2 saturated heterocycles. The molecule has 2 heterocycles. The topological polar surface area (TPSA) is 160 Å². The highest BCUT2D eigenvalue weighted by Crippen LogP contribution is 2.70. The second kappa shape index (κ2) is 4.99. The van der Waals surface area contributed by atoms with E-state index in [1.165, 1.54) is 25.1 Å². The van der Waals surface area contributed by atoms with Gasteiger partial charge in [0.25, 0.3) is 0 Å². The summed E-state index contributed by atoms with van der Waals surface area (Å²) in [5, 5.41) is 54.4. The van der Waals surface area contributed by atoms with Crippen LogP contribution in [0.5, 0.6) is 5.75 Å². The summed E-state index contributed by atoms with van der Waals surface area (Å²) < 4.78 is 10.7. The number of carbonyl (C=O) groups excluding carboxylic acids is 2. The number of ether oxygens (including phenoxy) is 2. The van der Waals surface area contributed by atoms with Crippen LogP contribution in [0.2, 0.25) is 0 Å². The zero-order valence-corrected chi connectivity index (χ0v) is 15.1. The van der Waals surface area contributed by atoms with Crippen LogP contribution in [-0.4, -0.2) is 78.3 Å². The molecule has 9 atom stereocenters. The van der Waals surface area contributed by atoms with E-state index in [4.69, 9.17) is 9.47 Å². The largest absolute Gasteiger partial charge is 0.508 e. The number of ketones is 2. The fourth-order valence-corrected chi connectivity index (χ4v) is 5.23. The Bertz CT molecular complexity index is 930. The highest BCUT2D eigenvalue weighted by Gasteiger charge is 2.92. The van der Waals surface area contributed by atoms with Crippen molar-refractivity contribution in [3.8, 4) is 5.75 Å². The van der Waals surface area contributed by atoms with E-state index in [1.807, 2.05) is 0 Å². The van der Waals surface area contributed by atoms with Crippen molar-refractivity contribution in [3.63, 3.8) is 0 Å². The van der Waals surface area contributed by atoms with Gasteiger partial charge in [-0.25, -0.2) is 0 Å². The van der Waals surface area contributed by atoms with Crippen molar-refractivity contribution in [2.45, 2.75) is 61.2 Å². The maximum atomic E-state index is 13.2. The molecule has 2 aliphatic heterocycles. The number of benzene rings is 1. The second-order valence-electron chi connectivity index (χ2n) is 8.19. The van der Waals surface area contributed by atoms with Crippen molar-refractivity contribution in [3.05, 3.63) is 29.3 Å². The normalized spacial score (nSPS) is 51.0. The molecule has 0 radical (unpaired) electrons. The van der Waals surface area contributed by atoms with E-state index in [2.05, 4.69) is 0 Å². The van der Waals surface area contributed by atoms with Crippen LogP contribution in [0.15, 0.2) is 18.2 Å². The number of aromatic hydroxyl groups is 1. The summed E-state index contributed by atoms with van der Waals surface area (Å²) in [6.07, 6.45) is -6.89. The Kier molecular flexibility index (Phi) is 3.24. The molecule has 5 rings (SSSR count). The molecule has 0 amide bonds. The summed E-state index contributed by atoms with van der Waals surface area (Å²) >= 11 is 0. The molecule has 0 bridgehead atoms. The summed E-state index contributed by atoms with van der Waals surface area (Å²) in [6, 6.07) is 4.04. The zero-order valence-electron chi connectivity index (χ0n) is 15.1. The molecule has 9 nitrogen and oxygen atoms in total. The molecule has 1 saturated carbocycles. The SMILES string of the molecule is C[C@@H]1O[C@@H]1C(=O)[C@@]1(O)[C@@H](O)[C@@]23O[C@@]2(C(=O)c2cccc(O)c2[C@@H]3O)[C@@H](O)[C@@H]1C. The molecule has 0 aromatic heterocycles. The van der Waals surface area contributed by atoms with Gasteiger partial charge in [-0.1, -0.05) is 19.1 Å². The fraction of sp³-hybridized carbons (Fsp3) is 0.579. The number of aliphatic hydroxyl groups is 4. The third kappa shape index (κ3) is 1.62. The van der Waals surface area contributed by atoms with E-state index in [1.54, 1.807) is 6.92 Å². The number of phenolic OH excluding ortho intramolecular Hbond substituents is 1. The number of aliphatic hydroxyl groups excluding tert-OH is 3. The van der Waals surface area contributed by atoms with Crippen LogP contribution in [0.4, 0.5) is 0 Å². The van der Waals surface area contributed by atoms with Crippen LogP contribution >= 0.6 is 0 Å². The van der Waals surface area contributed by atoms with Gasteiger partial charge < -0.3 is 35.0 Å². The third-order valence-electron chi connectivity index (χ3n) is 6.98. The number of epoxide rings is 2. The Labute approximate surface area is 159 Å². The smallest absolute Gasteiger partial charge is 0.201 e. The van der Waals surface area contributed by atoms with Crippen molar-refractivity contribution in [1.82, 2.24) is 0 Å². The van der Waals surface area contributed by atoms with Crippen LogP contribution in [0.1, 0.15) is 35.9 Å². The number of hydrogen-bond acceptors (Lipinski definition) is 9. The minimum absolute atomic E-state index is 0.0463. The van der Waals surface area contributed by atoms with Gasteiger partial charge in [0.05, 0.1) is 12.2 Å². The average molecular weight is 392 g/mol.